The molecule has 0 saturated carbocycles. The van der Waals surface area contributed by atoms with Gasteiger partial charge in [0.15, 0.2) is 0 Å². The van der Waals surface area contributed by atoms with Crippen molar-refractivity contribution in [2.24, 2.45) is 0 Å². The first-order valence-electron chi connectivity index (χ1n) is 7.79. The third kappa shape index (κ3) is 3.71. The summed E-state index contributed by atoms with van der Waals surface area (Å²) in [6, 6.07) is 5.34. The lowest BCUT2D eigenvalue weighted by molar-refractivity contribution is 0.0947. The molecule has 0 radical (unpaired) electrons. The molecule has 0 aliphatic heterocycles. The molecule has 1 aromatic heterocycles. The number of amides is 1. The van der Waals surface area contributed by atoms with Crippen LogP contribution in [0.15, 0.2) is 29.2 Å². The van der Waals surface area contributed by atoms with Gasteiger partial charge in [-0.1, -0.05) is 13.0 Å². The van der Waals surface area contributed by atoms with Gasteiger partial charge in [-0.2, -0.15) is 0 Å². The molecule has 0 bridgehead atoms. The Balaban J connectivity index is 2.44. The van der Waals surface area contributed by atoms with Crippen LogP contribution in [-0.2, 0) is 11.3 Å². The summed E-state index contributed by atoms with van der Waals surface area (Å²) in [5, 5.41) is 3.16. The highest BCUT2D eigenvalue weighted by Crippen LogP contribution is 2.18. The molecule has 23 heavy (non-hydrogen) atoms. The number of nitrogens with zero attached hydrogens (tertiary/aromatic N) is 1. The molecule has 2 rings (SSSR count). The molecule has 3 N–H and O–H groups in total. The number of benzene rings is 1. The Labute approximate surface area is 135 Å². The summed E-state index contributed by atoms with van der Waals surface area (Å²) in [5.74, 6) is -0.374. The van der Waals surface area contributed by atoms with E-state index < -0.39 is 0 Å². The zero-order valence-electron chi connectivity index (χ0n) is 13.6. The third-order valence-corrected chi connectivity index (χ3v) is 3.66. The summed E-state index contributed by atoms with van der Waals surface area (Å²) in [6.45, 7) is 3.78. The largest absolute Gasteiger partial charge is 0.398 e. The standard InChI is InChI=1S/C17H23N3O3/c1-3-9-20-11-12(17(22)19-8-5-10-23-2)16(21)15-13(18)6-4-7-14(15)20/h4,6-7,11H,3,5,8-10,18H2,1-2H3,(H,19,22). The number of carbonyl (C=O) groups excluding carboxylic acids is 1. The quantitative estimate of drug-likeness (QED) is 0.602. The lowest BCUT2D eigenvalue weighted by Crippen LogP contribution is -2.31. The van der Waals surface area contributed by atoms with Crippen LogP contribution in [0.4, 0.5) is 5.69 Å². The van der Waals surface area contributed by atoms with Crippen molar-refractivity contribution in [3.63, 3.8) is 0 Å². The van der Waals surface area contributed by atoms with Gasteiger partial charge in [0.2, 0.25) is 5.43 Å². The topological polar surface area (TPSA) is 86.4 Å². The molecule has 0 fully saturated rings. The molecule has 6 nitrogen and oxygen atoms in total. The second kappa shape index (κ2) is 7.78. The number of hydrogen-bond donors (Lipinski definition) is 2. The van der Waals surface area contributed by atoms with Crippen molar-refractivity contribution < 1.29 is 9.53 Å². The molecule has 0 aliphatic rings. The maximum atomic E-state index is 12.7. The zero-order chi connectivity index (χ0) is 16.8. The Morgan fingerprint density at radius 2 is 2.17 bits per heavy atom. The van der Waals surface area contributed by atoms with Crippen molar-refractivity contribution in [3.05, 3.63) is 40.2 Å². The van der Waals surface area contributed by atoms with Gasteiger partial charge in [-0.05, 0) is 25.0 Å². The van der Waals surface area contributed by atoms with Crippen molar-refractivity contribution >= 4 is 22.5 Å². The number of nitrogen functional groups attached to an aromatic ring is 1. The summed E-state index contributed by atoms with van der Waals surface area (Å²) < 4.78 is 6.86. The molecule has 0 spiro atoms. The number of pyridine rings is 1. The average molecular weight is 317 g/mol. The second-order valence-electron chi connectivity index (χ2n) is 5.41. The number of fused-ring (bicyclic) bond motifs is 1. The van der Waals surface area contributed by atoms with E-state index in [0.717, 1.165) is 11.9 Å². The van der Waals surface area contributed by atoms with Gasteiger partial charge in [-0.15, -0.1) is 0 Å². The van der Waals surface area contributed by atoms with Crippen molar-refractivity contribution in [2.75, 3.05) is 26.0 Å². The number of hydrogen-bond acceptors (Lipinski definition) is 4. The molecular weight excluding hydrogens is 294 g/mol. The van der Waals surface area contributed by atoms with Gasteiger partial charge in [0.05, 0.1) is 10.9 Å². The SMILES string of the molecule is CCCn1cc(C(=O)NCCCOC)c(=O)c2c(N)cccc21. The fourth-order valence-electron chi connectivity index (χ4n) is 2.56. The first-order chi connectivity index (χ1) is 11.1. The van der Waals surface area contributed by atoms with Gasteiger partial charge in [0.1, 0.15) is 5.56 Å². The number of nitrogens with one attached hydrogen (secondary N) is 1. The van der Waals surface area contributed by atoms with Crippen LogP contribution in [-0.4, -0.2) is 30.7 Å². The summed E-state index contributed by atoms with van der Waals surface area (Å²) in [7, 11) is 1.61. The Morgan fingerprint density at radius 3 is 2.87 bits per heavy atom. The average Bonchev–Trinajstić information content (AvgIpc) is 2.54. The van der Waals surface area contributed by atoms with Crippen molar-refractivity contribution in [1.82, 2.24) is 9.88 Å². The minimum atomic E-state index is -0.374. The van der Waals surface area contributed by atoms with Gasteiger partial charge < -0.3 is 20.4 Å². The Kier molecular flexibility index (Phi) is 5.76. The van der Waals surface area contributed by atoms with Crippen LogP contribution >= 0.6 is 0 Å². The molecule has 124 valence electrons. The van der Waals surface area contributed by atoms with Crippen LogP contribution in [0.25, 0.3) is 10.9 Å². The number of ether oxygens (including phenoxy) is 1. The van der Waals surface area contributed by atoms with Crippen molar-refractivity contribution in [2.45, 2.75) is 26.3 Å². The van der Waals surface area contributed by atoms with Gasteiger partial charge in [0, 0.05) is 38.7 Å². The maximum absolute atomic E-state index is 12.7. The Hall–Kier alpha value is -2.34. The lowest BCUT2D eigenvalue weighted by Gasteiger charge is -2.14. The van der Waals surface area contributed by atoms with Crippen LogP contribution in [0.5, 0.6) is 0 Å². The number of carbonyl (C=O) groups is 1. The number of methoxy groups -OCH3 is 1. The third-order valence-electron chi connectivity index (χ3n) is 3.66. The van der Waals surface area contributed by atoms with E-state index in [-0.39, 0.29) is 16.9 Å². The molecule has 0 unspecified atom stereocenters. The van der Waals surface area contributed by atoms with Crippen LogP contribution < -0.4 is 16.5 Å². The maximum Gasteiger partial charge on any atom is 0.256 e. The summed E-state index contributed by atoms with van der Waals surface area (Å²) in [5.41, 5.74) is 6.92. The van der Waals surface area contributed by atoms with Crippen molar-refractivity contribution in [3.8, 4) is 0 Å². The molecule has 2 aromatic rings. The minimum Gasteiger partial charge on any atom is -0.398 e. The molecule has 0 aliphatic carbocycles. The van der Waals surface area contributed by atoms with Crippen LogP contribution in [0, 0.1) is 0 Å². The van der Waals surface area contributed by atoms with Crippen LogP contribution in [0.2, 0.25) is 0 Å². The molecule has 0 atom stereocenters. The molecule has 1 amide bonds. The van der Waals surface area contributed by atoms with E-state index in [1.54, 1.807) is 19.4 Å². The number of rotatable bonds is 7. The van der Waals surface area contributed by atoms with Gasteiger partial charge in [0.25, 0.3) is 5.91 Å². The van der Waals surface area contributed by atoms with Crippen LogP contribution in [0.3, 0.4) is 0 Å². The van der Waals surface area contributed by atoms with E-state index >= 15 is 0 Å². The van der Waals surface area contributed by atoms with Gasteiger partial charge in [-0.25, -0.2) is 0 Å². The fraction of sp³-hybridized carbons (Fsp3) is 0.412. The number of anilines is 1. The van der Waals surface area contributed by atoms with E-state index in [0.29, 0.717) is 37.2 Å². The monoisotopic (exact) mass is 317 g/mol. The lowest BCUT2D eigenvalue weighted by atomic mass is 10.1. The first kappa shape index (κ1) is 17.0. The summed E-state index contributed by atoms with van der Waals surface area (Å²) in [6.07, 6.45) is 3.21. The van der Waals surface area contributed by atoms with Crippen molar-refractivity contribution in [1.29, 1.82) is 0 Å². The number of aryl methyl sites for hydroxylation is 1. The second-order valence-corrected chi connectivity index (χ2v) is 5.41. The molecule has 6 heteroatoms. The number of aromatic nitrogens is 1. The predicted molar refractivity (Wildman–Crippen MR) is 91.7 cm³/mol. The highest BCUT2D eigenvalue weighted by atomic mass is 16.5. The van der Waals surface area contributed by atoms with E-state index in [9.17, 15) is 9.59 Å². The van der Waals surface area contributed by atoms with E-state index in [1.165, 1.54) is 0 Å². The summed E-state index contributed by atoms with van der Waals surface area (Å²) in [4.78, 5) is 25.0. The minimum absolute atomic E-state index is 0.126. The molecular formula is C17H23N3O3. The van der Waals surface area contributed by atoms with Crippen LogP contribution in [0.1, 0.15) is 30.1 Å². The normalized spacial score (nSPS) is 10.9. The Bertz CT molecular complexity index is 753. The zero-order valence-corrected chi connectivity index (χ0v) is 13.6. The van der Waals surface area contributed by atoms with Gasteiger partial charge >= 0.3 is 0 Å². The molecule has 1 heterocycles. The fourth-order valence-corrected chi connectivity index (χ4v) is 2.56. The van der Waals surface area contributed by atoms with E-state index in [1.807, 2.05) is 23.6 Å². The molecule has 1 aromatic carbocycles. The highest BCUT2D eigenvalue weighted by Gasteiger charge is 2.16. The highest BCUT2D eigenvalue weighted by molar-refractivity contribution is 6.00. The van der Waals surface area contributed by atoms with Gasteiger partial charge in [-0.3, -0.25) is 9.59 Å². The van der Waals surface area contributed by atoms with E-state index in [2.05, 4.69) is 5.32 Å². The predicted octanol–water partition coefficient (Wildman–Crippen LogP) is 1.76. The first-order valence-corrected chi connectivity index (χ1v) is 7.79. The number of nitrogens with two attached hydrogens (primary N) is 1. The molecule has 0 saturated heterocycles. The Morgan fingerprint density at radius 1 is 1.39 bits per heavy atom. The summed E-state index contributed by atoms with van der Waals surface area (Å²) >= 11 is 0. The smallest absolute Gasteiger partial charge is 0.256 e. The van der Waals surface area contributed by atoms with E-state index in [4.69, 9.17) is 10.5 Å².